The number of fused-ring (bicyclic) bond motifs is 1. The number of hydrogen-bond acceptors (Lipinski definition) is 4. The molecule has 1 aliphatic heterocycles. The molecule has 0 aliphatic carbocycles. The van der Waals surface area contributed by atoms with Crippen molar-refractivity contribution in [1.82, 2.24) is 4.98 Å². The molecule has 7 nitrogen and oxygen atoms in total. The van der Waals surface area contributed by atoms with E-state index in [0.717, 1.165) is 5.01 Å². The van der Waals surface area contributed by atoms with Gasteiger partial charge in [-0.2, -0.15) is 5.01 Å². The van der Waals surface area contributed by atoms with Gasteiger partial charge in [0.25, 0.3) is 11.5 Å². The van der Waals surface area contributed by atoms with E-state index in [2.05, 4.69) is 16.7 Å². The number of H-pyrrole nitrogens is 1. The standard InChI is InChI=1S/C15H11N3O4/c1-7-8(2)13(19)16-12-11(7)14(20)18(17-12)10-5-3-4-9(6-10)15(21)22/h3-6H,2H2,1H3,(H,21,22)(H,16,17,19). The fourth-order valence-corrected chi connectivity index (χ4v) is 2.28. The summed E-state index contributed by atoms with van der Waals surface area (Å²) in [6.07, 6.45) is 0. The number of pyridine rings is 1. The summed E-state index contributed by atoms with van der Waals surface area (Å²) in [6, 6.07) is 5.85. The number of hydrogen-bond donors (Lipinski definition) is 2. The van der Waals surface area contributed by atoms with Crippen LogP contribution in [0.5, 0.6) is 0 Å². The van der Waals surface area contributed by atoms with Gasteiger partial charge < -0.3 is 10.1 Å². The first-order valence-electron chi connectivity index (χ1n) is 6.38. The molecule has 0 saturated heterocycles. The van der Waals surface area contributed by atoms with Crippen LogP contribution < -0.4 is 21.3 Å². The zero-order valence-corrected chi connectivity index (χ0v) is 11.6. The Morgan fingerprint density at radius 3 is 2.77 bits per heavy atom. The van der Waals surface area contributed by atoms with Crippen molar-refractivity contribution in [2.75, 3.05) is 5.01 Å². The molecular formula is C15H11N3O4. The van der Waals surface area contributed by atoms with Crippen molar-refractivity contribution in [3.05, 3.63) is 62.0 Å². The number of aromatic amines is 1. The molecule has 22 heavy (non-hydrogen) atoms. The van der Waals surface area contributed by atoms with Crippen molar-refractivity contribution >= 4 is 24.1 Å². The van der Waals surface area contributed by atoms with E-state index in [0.29, 0.717) is 11.3 Å². The minimum absolute atomic E-state index is 0.0412. The highest BCUT2D eigenvalue weighted by molar-refractivity contribution is 6.08. The Morgan fingerprint density at radius 1 is 1.36 bits per heavy atom. The van der Waals surface area contributed by atoms with Crippen LogP contribution >= 0.6 is 0 Å². The number of benzene rings is 1. The van der Waals surface area contributed by atoms with Crippen LogP contribution in [0.3, 0.4) is 0 Å². The second-order valence-corrected chi connectivity index (χ2v) is 4.85. The predicted octanol–water partition coefficient (Wildman–Crippen LogP) is -0.0132. The number of aromatic nitrogens is 1. The van der Waals surface area contributed by atoms with Gasteiger partial charge in [0.2, 0.25) is 0 Å². The predicted molar refractivity (Wildman–Crippen MR) is 78.3 cm³/mol. The largest absolute Gasteiger partial charge is 0.478 e. The van der Waals surface area contributed by atoms with Crippen LogP contribution in [0.15, 0.2) is 34.2 Å². The van der Waals surface area contributed by atoms with Crippen LogP contribution in [0.25, 0.3) is 6.58 Å². The average Bonchev–Trinajstić information content (AvgIpc) is 2.82. The Hall–Kier alpha value is -3.22. The Kier molecular flexibility index (Phi) is 2.91. The van der Waals surface area contributed by atoms with Gasteiger partial charge in [0, 0.05) is 5.22 Å². The molecule has 2 N–H and O–H groups in total. The zero-order valence-electron chi connectivity index (χ0n) is 11.6. The van der Waals surface area contributed by atoms with Crippen molar-refractivity contribution in [2.24, 2.45) is 5.10 Å². The third-order valence-electron chi connectivity index (χ3n) is 3.51. The molecule has 1 aromatic carbocycles. The lowest BCUT2D eigenvalue weighted by molar-refractivity contribution is 0.0696. The summed E-state index contributed by atoms with van der Waals surface area (Å²) in [5.41, 5.74) is 0.829. The van der Waals surface area contributed by atoms with E-state index in [1.165, 1.54) is 18.2 Å². The maximum atomic E-state index is 12.5. The van der Waals surface area contributed by atoms with Gasteiger partial charge in [-0.15, -0.1) is 5.10 Å². The van der Waals surface area contributed by atoms with Gasteiger partial charge in [0.15, 0.2) is 5.49 Å². The number of carboxylic acids is 1. The molecule has 0 fully saturated rings. The smallest absolute Gasteiger partial charge is 0.335 e. The lowest BCUT2D eigenvalue weighted by atomic mass is 10.1. The first kappa shape index (κ1) is 13.7. The Morgan fingerprint density at radius 2 is 2.09 bits per heavy atom. The minimum atomic E-state index is -1.10. The molecule has 0 bridgehead atoms. The van der Waals surface area contributed by atoms with Gasteiger partial charge >= 0.3 is 5.97 Å². The zero-order chi connectivity index (χ0) is 16.0. The summed E-state index contributed by atoms with van der Waals surface area (Å²) >= 11 is 0. The van der Waals surface area contributed by atoms with Crippen LogP contribution in [-0.4, -0.2) is 22.0 Å². The highest BCUT2D eigenvalue weighted by Gasteiger charge is 2.28. The van der Waals surface area contributed by atoms with Crippen molar-refractivity contribution in [3.8, 4) is 0 Å². The number of carbonyl (C=O) groups is 2. The number of anilines is 1. The van der Waals surface area contributed by atoms with E-state index >= 15 is 0 Å². The molecule has 0 saturated carbocycles. The molecule has 3 rings (SSSR count). The summed E-state index contributed by atoms with van der Waals surface area (Å²) < 4.78 is 0. The molecule has 2 heterocycles. The van der Waals surface area contributed by atoms with E-state index in [1.54, 1.807) is 13.0 Å². The lowest BCUT2D eigenvalue weighted by Gasteiger charge is -2.12. The van der Waals surface area contributed by atoms with E-state index < -0.39 is 17.4 Å². The normalized spacial score (nSPS) is 13.0. The third kappa shape index (κ3) is 1.91. The monoisotopic (exact) mass is 297 g/mol. The Bertz CT molecular complexity index is 991. The highest BCUT2D eigenvalue weighted by atomic mass is 16.4. The minimum Gasteiger partial charge on any atom is -0.478 e. The number of aromatic carboxylic acids is 1. The van der Waals surface area contributed by atoms with Crippen molar-refractivity contribution in [2.45, 2.75) is 6.92 Å². The maximum Gasteiger partial charge on any atom is 0.335 e. The van der Waals surface area contributed by atoms with Crippen molar-refractivity contribution in [1.29, 1.82) is 0 Å². The Balaban J connectivity index is 2.18. The third-order valence-corrected chi connectivity index (χ3v) is 3.51. The Labute approximate surface area is 123 Å². The second-order valence-electron chi connectivity index (χ2n) is 4.85. The summed E-state index contributed by atoms with van der Waals surface area (Å²) in [4.78, 5) is 37.7. The number of nitrogens with zero attached hydrogens (tertiary/aromatic N) is 2. The summed E-state index contributed by atoms with van der Waals surface area (Å²) in [5.74, 6) is -1.54. The van der Waals surface area contributed by atoms with E-state index in [9.17, 15) is 14.4 Å². The van der Waals surface area contributed by atoms with Crippen LogP contribution in [0.4, 0.5) is 5.69 Å². The fourth-order valence-electron chi connectivity index (χ4n) is 2.28. The van der Waals surface area contributed by atoms with Crippen molar-refractivity contribution < 1.29 is 14.7 Å². The van der Waals surface area contributed by atoms with Gasteiger partial charge in [-0.05, 0) is 30.7 Å². The summed E-state index contributed by atoms with van der Waals surface area (Å²) in [7, 11) is 0. The van der Waals surface area contributed by atoms with E-state index in [4.69, 9.17) is 5.11 Å². The summed E-state index contributed by atoms with van der Waals surface area (Å²) in [6.45, 7) is 5.26. The average molecular weight is 297 g/mol. The number of amides is 1. The van der Waals surface area contributed by atoms with Crippen LogP contribution in [0.2, 0.25) is 0 Å². The maximum absolute atomic E-state index is 12.5. The van der Waals surface area contributed by atoms with E-state index in [-0.39, 0.29) is 21.8 Å². The molecule has 1 aliphatic rings. The SMILES string of the molecule is C=c1c(C)c2c([nH]c1=O)=NN(c1cccc(C(=O)O)c1)C2=O. The molecule has 0 spiro atoms. The molecule has 2 aromatic rings. The molecular weight excluding hydrogens is 286 g/mol. The number of carbonyl (C=O) groups excluding carboxylic acids is 1. The van der Waals surface area contributed by atoms with Gasteiger partial charge in [-0.1, -0.05) is 12.6 Å². The van der Waals surface area contributed by atoms with Crippen LogP contribution in [-0.2, 0) is 0 Å². The van der Waals surface area contributed by atoms with Crippen LogP contribution in [0, 0.1) is 6.92 Å². The highest BCUT2D eigenvalue weighted by Crippen LogP contribution is 2.21. The lowest BCUT2D eigenvalue weighted by Crippen LogP contribution is -2.37. The quantitative estimate of drug-likeness (QED) is 0.813. The van der Waals surface area contributed by atoms with Gasteiger partial charge in [-0.25, -0.2) is 4.79 Å². The second kappa shape index (κ2) is 4.66. The molecule has 0 atom stereocenters. The van der Waals surface area contributed by atoms with Gasteiger partial charge in [0.05, 0.1) is 16.8 Å². The van der Waals surface area contributed by atoms with Crippen molar-refractivity contribution in [3.63, 3.8) is 0 Å². The molecule has 1 amide bonds. The molecule has 0 unspecified atom stereocenters. The number of nitrogens with one attached hydrogen (secondary N) is 1. The van der Waals surface area contributed by atoms with Crippen LogP contribution in [0.1, 0.15) is 26.3 Å². The van der Waals surface area contributed by atoms with Gasteiger partial charge in [-0.3, -0.25) is 9.59 Å². The topological polar surface area (TPSA) is 103 Å². The van der Waals surface area contributed by atoms with Gasteiger partial charge in [0.1, 0.15) is 0 Å². The van der Waals surface area contributed by atoms with E-state index in [1.807, 2.05) is 0 Å². The number of rotatable bonds is 2. The molecule has 110 valence electrons. The molecule has 7 heteroatoms. The molecule has 1 aromatic heterocycles. The first-order valence-corrected chi connectivity index (χ1v) is 6.38. The first-order chi connectivity index (χ1) is 10.4. The summed E-state index contributed by atoms with van der Waals surface area (Å²) in [5, 5.41) is 14.4. The fraction of sp³-hybridized carbons (Fsp3) is 0.0667. The number of carboxylic acid groups (broad SMARTS) is 1. The molecule has 0 radical (unpaired) electrons.